The van der Waals surface area contributed by atoms with E-state index in [4.69, 9.17) is 27.3 Å². The molecule has 7 N–H and O–H groups in total. The Morgan fingerprint density at radius 2 is 1.48 bits per heavy atom. The van der Waals surface area contributed by atoms with Crippen molar-refractivity contribution in [3.8, 4) is 0 Å². The summed E-state index contributed by atoms with van der Waals surface area (Å²) in [4.78, 5) is 20.8. The van der Waals surface area contributed by atoms with E-state index in [1.807, 2.05) is 90.8 Å². The van der Waals surface area contributed by atoms with Gasteiger partial charge in [-0.1, -0.05) is 84.9 Å². The van der Waals surface area contributed by atoms with Crippen LogP contribution in [0.25, 0.3) is 21.8 Å². The molecule has 0 fully saturated rings. The van der Waals surface area contributed by atoms with Gasteiger partial charge in [-0.2, -0.15) is 0 Å². The van der Waals surface area contributed by atoms with Crippen LogP contribution in [-0.2, 0) is 37.8 Å². The summed E-state index contributed by atoms with van der Waals surface area (Å²) in [5, 5.41) is 20.9. The number of fused-ring (bicyclic) bond motifs is 2. The Bertz CT molecular complexity index is 2110. The Balaban J connectivity index is 0.00000225. The van der Waals surface area contributed by atoms with Gasteiger partial charge in [-0.3, -0.25) is 15.6 Å². The number of imidazole rings is 1. The Morgan fingerprint density at radius 1 is 0.780 bits per heavy atom. The number of amides is 1. The Hall–Kier alpha value is -4.93. The quantitative estimate of drug-likeness (QED) is 0.0704. The maximum Gasteiger partial charge on any atom is 0.241 e. The number of hydrogen-bond donors (Lipinski definition) is 5. The minimum absolute atomic E-state index is 0. The van der Waals surface area contributed by atoms with Crippen LogP contribution in [0.2, 0.25) is 0 Å². The van der Waals surface area contributed by atoms with E-state index in [-0.39, 0.29) is 61.3 Å². The zero-order valence-electron chi connectivity index (χ0n) is 27.6. The minimum Gasteiger partial charge on any atom is -0.384 e. The topological polar surface area (TPSA) is 150 Å². The van der Waals surface area contributed by atoms with Crippen LogP contribution in [-0.4, -0.2) is 33.7 Å². The van der Waals surface area contributed by atoms with E-state index in [0.717, 1.165) is 62.8 Å². The fourth-order valence-electron chi connectivity index (χ4n) is 5.92. The van der Waals surface area contributed by atoms with Gasteiger partial charge in [0, 0.05) is 36.8 Å². The molecule has 0 saturated carbocycles. The Morgan fingerprint density at radius 3 is 2.22 bits per heavy atom. The molecule has 0 unspecified atom stereocenters. The summed E-state index contributed by atoms with van der Waals surface area (Å²) in [5.74, 6) is 0.964. The van der Waals surface area contributed by atoms with Crippen LogP contribution in [0.4, 0.5) is 5.69 Å². The third-order valence-electron chi connectivity index (χ3n) is 8.52. The lowest BCUT2D eigenvalue weighted by Crippen LogP contribution is -2.37. The molecule has 50 heavy (non-hydrogen) atoms. The molecule has 0 aliphatic heterocycles. The number of benzene rings is 5. The van der Waals surface area contributed by atoms with Crippen LogP contribution in [0, 0.1) is 10.8 Å². The van der Waals surface area contributed by atoms with E-state index < -0.39 is 0 Å². The van der Waals surface area contributed by atoms with Crippen LogP contribution in [0.5, 0.6) is 0 Å². The highest BCUT2D eigenvalue weighted by atomic mass is 35.5. The molecule has 9 nitrogen and oxygen atoms in total. The number of aryl methyl sites for hydroxylation is 3. The number of nitrogens with zero attached hydrogens (tertiary/aromatic N) is 3. The lowest BCUT2D eigenvalue weighted by atomic mass is 10.0. The lowest BCUT2D eigenvalue weighted by Gasteiger charge is -2.24. The molecule has 0 bridgehead atoms. The SMILES string of the molecule is Cl.Cl.Cl.Cn1c(CCc2ccc(C(=N)N)cc2)nc2cc(N(Cc3cccc4ccccc34)C(=O)CNCc3cccc(C(=N)N)c3)ccc21. The third-order valence-corrected chi connectivity index (χ3v) is 8.52. The number of aromatic nitrogens is 2. The van der Waals surface area contributed by atoms with Gasteiger partial charge in [-0.15, -0.1) is 37.2 Å². The standard InChI is InChI=1S/C38H38N8O.3ClH/c1-45-34-18-17-31(21-33(34)44-35(45)19-14-25-12-15-28(16-13-25)37(39)40)46(24-30-10-5-8-27-7-2-3-11-32(27)30)36(47)23-43-22-26-6-4-9-29(20-26)38(41)42;;;/h2-13,15-18,20-21,43H,14,19,22-24H2,1H3,(H3,39,40)(H3,41,42);3*1H. The van der Waals surface area contributed by atoms with Crippen LogP contribution >= 0.6 is 37.2 Å². The van der Waals surface area contributed by atoms with Crippen molar-refractivity contribution in [1.82, 2.24) is 14.9 Å². The number of halogens is 3. The predicted molar refractivity (Wildman–Crippen MR) is 212 cm³/mol. The zero-order chi connectivity index (χ0) is 32.9. The number of nitrogens with two attached hydrogens (primary N) is 2. The van der Waals surface area contributed by atoms with Crippen molar-refractivity contribution < 1.29 is 4.79 Å². The normalized spacial score (nSPS) is 10.5. The molecule has 1 aromatic heterocycles. The van der Waals surface area contributed by atoms with Crippen molar-refractivity contribution in [3.05, 3.63) is 143 Å². The van der Waals surface area contributed by atoms with Gasteiger partial charge in [0.05, 0.1) is 24.1 Å². The molecule has 12 heteroatoms. The van der Waals surface area contributed by atoms with Gasteiger partial charge in [0.15, 0.2) is 0 Å². The van der Waals surface area contributed by atoms with Crippen molar-refractivity contribution >= 4 is 82.3 Å². The van der Waals surface area contributed by atoms with Crippen molar-refractivity contribution in [2.75, 3.05) is 11.4 Å². The summed E-state index contributed by atoms with van der Waals surface area (Å²) in [5.41, 5.74) is 18.4. The average molecular weight is 732 g/mol. The first-order chi connectivity index (χ1) is 22.8. The lowest BCUT2D eigenvalue weighted by molar-refractivity contribution is -0.118. The molecule has 0 atom stereocenters. The van der Waals surface area contributed by atoms with Gasteiger partial charge >= 0.3 is 0 Å². The minimum atomic E-state index is -0.0647. The van der Waals surface area contributed by atoms with E-state index in [1.165, 1.54) is 0 Å². The molecule has 0 radical (unpaired) electrons. The van der Waals surface area contributed by atoms with Crippen LogP contribution < -0.4 is 21.7 Å². The molecule has 6 rings (SSSR count). The molecule has 0 aliphatic carbocycles. The molecule has 0 saturated heterocycles. The molecule has 6 aromatic rings. The number of anilines is 1. The van der Waals surface area contributed by atoms with Crippen LogP contribution in [0.15, 0.2) is 109 Å². The number of nitrogens with one attached hydrogen (secondary N) is 3. The summed E-state index contributed by atoms with van der Waals surface area (Å²) in [7, 11) is 2.02. The average Bonchev–Trinajstić information content (AvgIpc) is 3.40. The number of carbonyl (C=O) groups excluding carboxylic acids is 1. The second kappa shape index (κ2) is 17.6. The van der Waals surface area contributed by atoms with Gasteiger partial charge < -0.3 is 26.3 Å². The van der Waals surface area contributed by atoms with Crippen molar-refractivity contribution in [2.24, 2.45) is 18.5 Å². The number of carbonyl (C=O) groups is 1. The summed E-state index contributed by atoms with van der Waals surface area (Å²) >= 11 is 0. The van der Waals surface area contributed by atoms with Crippen molar-refractivity contribution in [3.63, 3.8) is 0 Å². The first-order valence-electron chi connectivity index (χ1n) is 15.6. The highest BCUT2D eigenvalue weighted by Gasteiger charge is 2.19. The number of amidine groups is 2. The molecular formula is C38H41Cl3N8O. The van der Waals surface area contributed by atoms with Gasteiger partial charge in [-0.25, -0.2) is 4.98 Å². The van der Waals surface area contributed by atoms with E-state index in [0.29, 0.717) is 24.2 Å². The zero-order valence-corrected chi connectivity index (χ0v) is 30.0. The van der Waals surface area contributed by atoms with Crippen molar-refractivity contribution in [1.29, 1.82) is 10.8 Å². The monoisotopic (exact) mass is 730 g/mol. The first-order valence-corrected chi connectivity index (χ1v) is 15.6. The number of nitrogen functional groups attached to an aromatic ring is 2. The Labute approximate surface area is 310 Å². The smallest absolute Gasteiger partial charge is 0.241 e. The molecule has 5 aromatic carbocycles. The van der Waals surface area contributed by atoms with E-state index >= 15 is 0 Å². The largest absolute Gasteiger partial charge is 0.384 e. The fourth-order valence-corrected chi connectivity index (χ4v) is 5.92. The summed E-state index contributed by atoms with van der Waals surface area (Å²) in [6.45, 7) is 1.00. The van der Waals surface area contributed by atoms with Gasteiger partial charge in [-0.05, 0) is 58.1 Å². The van der Waals surface area contributed by atoms with E-state index in [1.54, 1.807) is 6.07 Å². The first kappa shape index (κ1) is 39.5. The molecule has 260 valence electrons. The van der Waals surface area contributed by atoms with Crippen LogP contribution in [0.3, 0.4) is 0 Å². The van der Waals surface area contributed by atoms with Gasteiger partial charge in [0.1, 0.15) is 17.5 Å². The van der Waals surface area contributed by atoms with Crippen LogP contribution in [0.1, 0.15) is 33.6 Å². The molecule has 1 heterocycles. The fraction of sp³-hybridized carbons (Fsp3) is 0.158. The van der Waals surface area contributed by atoms with E-state index in [9.17, 15) is 4.79 Å². The summed E-state index contributed by atoms with van der Waals surface area (Å²) in [6, 6.07) is 35.7. The van der Waals surface area contributed by atoms with E-state index in [2.05, 4.69) is 34.1 Å². The third kappa shape index (κ3) is 8.99. The van der Waals surface area contributed by atoms with Gasteiger partial charge in [0.25, 0.3) is 0 Å². The second-order valence-electron chi connectivity index (χ2n) is 11.7. The maximum absolute atomic E-state index is 13.9. The molecule has 0 spiro atoms. The second-order valence-corrected chi connectivity index (χ2v) is 11.7. The summed E-state index contributed by atoms with van der Waals surface area (Å²) < 4.78 is 2.11. The molecular weight excluding hydrogens is 691 g/mol. The maximum atomic E-state index is 13.9. The summed E-state index contributed by atoms with van der Waals surface area (Å²) in [6.07, 6.45) is 1.54. The number of hydrogen-bond acceptors (Lipinski definition) is 5. The highest BCUT2D eigenvalue weighted by molar-refractivity contribution is 5.98. The highest BCUT2D eigenvalue weighted by Crippen LogP contribution is 2.27. The Kier molecular flexibility index (Phi) is 13.9. The van der Waals surface area contributed by atoms with Gasteiger partial charge in [0.2, 0.25) is 5.91 Å². The number of rotatable bonds is 12. The predicted octanol–water partition coefficient (Wildman–Crippen LogP) is 6.67. The molecule has 1 amide bonds. The van der Waals surface area contributed by atoms with Crippen molar-refractivity contribution in [2.45, 2.75) is 25.9 Å². The molecule has 0 aliphatic rings.